The van der Waals surface area contributed by atoms with E-state index in [-0.39, 0.29) is 30.0 Å². The number of nitrogens with zero attached hydrogens (tertiary/aromatic N) is 1. The first-order chi connectivity index (χ1) is 17.4. The fourth-order valence-corrected chi connectivity index (χ4v) is 3.51. The molecule has 0 aliphatic carbocycles. The van der Waals surface area contributed by atoms with E-state index in [1.165, 1.54) is 36.4 Å². The van der Waals surface area contributed by atoms with Gasteiger partial charge in [-0.1, -0.05) is 36.4 Å². The van der Waals surface area contributed by atoms with Crippen molar-refractivity contribution in [1.82, 2.24) is 5.32 Å². The Labute approximate surface area is 205 Å². The maximum absolute atomic E-state index is 14.0. The van der Waals surface area contributed by atoms with Crippen LogP contribution >= 0.6 is 0 Å². The molecule has 3 aromatic rings. The monoisotopic (exact) mass is 488 g/mol. The lowest BCUT2D eigenvalue weighted by molar-refractivity contribution is -0.122. The Hall–Kier alpha value is -4.79. The molecule has 8 nitrogen and oxygen atoms in total. The summed E-state index contributed by atoms with van der Waals surface area (Å²) in [5.74, 6) is -2.36. The van der Waals surface area contributed by atoms with Crippen molar-refractivity contribution in [3.63, 3.8) is 0 Å². The quantitative estimate of drug-likeness (QED) is 0.303. The molecule has 0 radical (unpaired) electrons. The van der Waals surface area contributed by atoms with E-state index in [9.17, 15) is 23.6 Å². The van der Waals surface area contributed by atoms with Crippen molar-refractivity contribution < 1.29 is 33.0 Å². The van der Waals surface area contributed by atoms with Crippen molar-refractivity contribution in [3.8, 4) is 5.75 Å². The highest BCUT2D eigenvalue weighted by molar-refractivity contribution is 6.39. The number of amides is 4. The first-order valence-corrected chi connectivity index (χ1v) is 11.0. The molecule has 0 atom stereocenters. The Balaban J connectivity index is 1.61. The van der Waals surface area contributed by atoms with Crippen LogP contribution in [0, 0.1) is 5.82 Å². The number of hydrogen-bond acceptors (Lipinski definition) is 6. The lowest BCUT2D eigenvalue weighted by atomic mass is 10.1. The summed E-state index contributed by atoms with van der Waals surface area (Å²) in [6.45, 7) is 1.82. The van der Waals surface area contributed by atoms with Crippen LogP contribution in [0.25, 0.3) is 6.08 Å². The predicted octanol–water partition coefficient (Wildman–Crippen LogP) is 4.25. The van der Waals surface area contributed by atoms with Crippen molar-refractivity contribution in [1.29, 1.82) is 0 Å². The van der Waals surface area contributed by atoms with Gasteiger partial charge in [-0.15, -0.1) is 0 Å². The predicted molar refractivity (Wildman–Crippen MR) is 129 cm³/mol. The van der Waals surface area contributed by atoms with Gasteiger partial charge < -0.3 is 9.47 Å². The molecule has 0 bridgehead atoms. The van der Waals surface area contributed by atoms with E-state index < -0.39 is 29.6 Å². The maximum atomic E-state index is 14.0. The average Bonchev–Trinajstić information content (AvgIpc) is 2.87. The fraction of sp³-hybridized carbons (Fsp3) is 0.111. The first kappa shape index (κ1) is 24.3. The van der Waals surface area contributed by atoms with Crippen LogP contribution in [-0.4, -0.2) is 30.4 Å². The van der Waals surface area contributed by atoms with E-state index in [0.29, 0.717) is 16.9 Å². The minimum atomic E-state index is -0.921. The molecular formula is C27H21FN2O6. The molecule has 0 aromatic heterocycles. The van der Waals surface area contributed by atoms with Gasteiger partial charge in [-0.05, 0) is 49.4 Å². The number of benzene rings is 3. The lowest BCUT2D eigenvalue weighted by Crippen LogP contribution is -2.54. The molecule has 3 aromatic carbocycles. The molecule has 0 spiro atoms. The Morgan fingerprint density at radius 3 is 2.39 bits per heavy atom. The molecule has 36 heavy (non-hydrogen) atoms. The van der Waals surface area contributed by atoms with Gasteiger partial charge in [-0.25, -0.2) is 18.9 Å². The third-order valence-electron chi connectivity index (χ3n) is 5.30. The van der Waals surface area contributed by atoms with Gasteiger partial charge in [0.05, 0.1) is 17.9 Å². The second kappa shape index (κ2) is 10.6. The number of esters is 1. The van der Waals surface area contributed by atoms with E-state index >= 15 is 0 Å². The zero-order valence-electron chi connectivity index (χ0n) is 19.2. The van der Waals surface area contributed by atoms with E-state index in [4.69, 9.17) is 9.47 Å². The number of rotatable bonds is 7. The number of halogens is 1. The molecule has 1 heterocycles. The van der Waals surface area contributed by atoms with Crippen LogP contribution in [0.5, 0.6) is 5.75 Å². The Morgan fingerprint density at radius 2 is 1.67 bits per heavy atom. The normalized spacial score (nSPS) is 14.6. The Bertz CT molecular complexity index is 1370. The van der Waals surface area contributed by atoms with Gasteiger partial charge in [0.25, 0.3) is 11.8 Å². The standard InChI is InChI=1S/C27H21FN2O6/c1-2-35-26(33)17-11-13-20(14-12-17)30-25(32)21(24(31)29-27(30)34)15-18-7-4-6-10-23(18)36-16-19-8-3-5-9-22(19)28/h3-15H,2,16H2,1H3,(H,29,31,34)/b21-15+. The van der Waals surface area contributed by atoms with E-state index in [2.05, 4.69) is 5.32 Å². The SMILES string of the molecule is CCOC(=O)c1ccc(N2C(=O)NC(=O)/C(=C\c3ccccc3OCc3ccccc3F)C2=O)cc1. The lowest BCUT2D eigenvalue weighted by Gasteiger charge is -2.26. The molecule has 9 heteroatoms. The number of hydrogen-bond donors (Lipinski definition) is 1. The summed E-state index contributed by atoms with van der Waals surface area (Å²) in [6, 6.07) is 17.5. The van der Waals surface area contributed by atoms with E-state index in [1.807, 2.05) is 0 Å². The van der Waals surface area contributed by atoms with Crippen molar-refractivity contribution in [2.75, 3.05) is 11.5 Å². The summed E-state index contributed by atoms with van der Waals surface area (Å²) < 4.78 is 24.6. The highest BCUT2D eigenvalue weighted by Crippen LogP contribution is 2.26. The zero-order chi connectivity index (χ0) is 25.7. The highest BCUT2D eigenvalue weighted by Gasteiger charge is 2.37. The molecule has 1 saturated heterocycles. The van der Waals surface area contributed by atoms with E-state index in [0.717, 1.165) is 4.90 Å². The topological polar surface area (TPSA) is 102 Å². The molecule has 1 aliphatic rings. The number of imide groups is 2. The highest BCUT2D eigenvalue weighted by atomic mass is 19.1. The number of ether oxygens (including phenoxy) is 2. The number of carbonyl (C=O) groups is 4. The fourth-order valence-electron chi connectivity index (χ4n) is 3.51. The van der Waals surface area contributed by atoms with Crippen LogP contribution in [0.15, 0.2) is 78.4 Å². The van der Waals surface area contributed by atoms with Crippen LogP contribution in [0.1, 0.15) is 28.4 Å². The number of barbiturate groups is 1. The molecule has 1 fully saturated rings. The number of anilines is 1. The second-order valence-electron chi connectivity index (χ2n) is 7.64. The van der Waals surface area contributed by atoms with Crippen LogP contribution in [-0.2, 0) is 20.9 Å². The van der Waals surface area contributed by atoms with Crippen molar-refractivity contribution >= 4 is 35.6 Å². The van der Waals surface area contributed by atoms with Crippen molar-refractivity contribution in [3.05, 3.63) is 101 Å². The molecule has 4 rings (SSSR count). The summed E-state index contributed by atoms with van der Waals surface area (Å²) in [5, 5.41) is 2.15. The van der Waals surface area contributed by atoms with Gasteiger partial charge in [0, 0.05) is 11.1 Å². The largest absolute Gasteiger partial charge is 0.488 e. The molecule has 4 amide bonds. The average molecular weight is 488 g/mol. The third kappa shape index (κ3) is 5.15. The number of carbonyl (C=O) groups excluding carboxylic acids is 4. The Kier molecular flexibility index (Phi) is 7.20. The van der Waals surface area contributed by atoms with Crippen LogP contribution < -0.4 is 15.0 Å². The van der Waals surface area contributed by atoms with Gasteiger partial charge in [-0.3, -0.25) is 14.9 Å². The van der Waals surface area contributed by atoms with Gasteiger partial charge in [-0.2, -0.15) is 0 Å². The smallest absolute Gasteiger partial charge is 0.338 e. The summed E-state index contributed by atoms with van der Waals surface area (Å²) in [7, 11) is 0. The maximum Gasteiger partial charge on any atom is 0.338 e. The molecule has 0 saturated carbocycles. The van der Waals surface area contributed by atoms with E-state index in [1.54, 1.807) is 49.4 Å². The number of urea groups is 1. The van der Waals surface area contributed by atoms with Crippen LogP contribution in [0.3, 0.4) is 0 Å². The van der Waals surface area contributed by atoms with Crippen LogP contribution in [0.4, 0.5) is 14.9 Å². The molecule has 0 unspecified atom stereocenters. The Morgan fingerprint density at radius 1 is 0.972 bits per heavy atom. The number of para-hydroxylation sites is 1. The summed E-state index contributed by atoms with van der Waals surface area (Å²) in [5.41, 5.74) is 0.839. The van der Waals surface area contributed by atoms with Gasteiger partial charge in [0.2, 0.25) is 0 Å². The summed E-state index contributed by atoms with van der Waals surface area (Å²) in [4.78, 5) is 50.9. The first-order valence-electron chi connectivity index (χ1n) is 11.0. The summed E-state index contributed by atoms with van der Waals surface area (Å²) in [6.07, 6.45) is 1.31. The molecule has 1 N–H and O–H groups in total. The molecular weight excluding hydrogens is 467 g/mol. The number of nitrogens with one attached hydrogen (secondary N) is 1. The van der Waals surface area contributed by atoms with Crippen molar-refractivity contribution in [2.24, 2.45) is 0 Å². The zero-order valence-corrected chi connectivity index (χ0v) is 19.2. The summed E-state index contributed by atoms with van der Waals surface area (Å²) >= 11 is 0. The third-order valence-corrected chi connectivity index (χ3v) is 5.30. The van der Waals surface area contributed by atoms with Gasteiger partial charge >= 0.3 is 12.0 Å². The van der Waals surface area contributed by atoms with Crippen molar-refractivity contribution in [2.45, 2.75) is 13.5 Å². The minimum Gasteiger partial charge on any atom is -0.488 e. The molecule has 1 aliphatic heterocycles. The minimum absolute atomic E-state index is 0.0651. The van der Waals surface area contributed by atoms with Gasteiger partial charge in [0.15, 0.2) is 0 Å². The van der Waals surface area contributed by atoms with Crippen LogP contribution in [0.2, 0.25) is 0 Å². The second-order valence-corrected chi connectivity index (χ2v) is 7.64. The van der Waals surface area contributed by atoms with Gasteiger partial charge in [0.1, 0.15) is 23.7 Å². The molecule has 182 valence electrons.